The van der Waals surface area contributed by atoms with E-state index in [2.05, 4.69) is 20.3 Å². The molecule has 0 unspecified atom stereocenters. The first kappa shape index (κ1) is 11.9. The average molecular weight is 269 g/mol. The highest BCUT2D eigenvalue weighted by atomic mass is 35.5. The van der Waals surface area contributed by atoms with Gasteiger partial charge in [0.2, 0.25) is 0 Å². The van der Waals surface area contributed by atoms with Crippen LogP contribution < -0.4 is 5.32 Å². The van der Waals surface area contributed by atoms with E-state index in [4.69, 9.17) is 11.6 Å². The van der Waals surface area contributed by atoms with E-state index in [0.717, 1.165) is 0 Å². The lowest BCUT2D eigenvalue weighted by atomic mass is 10.4. The first-order valence-electron chi connectivity index (χ1n) is 4.79. The number of carbonyl (C=O) groups excluding carboxylic acids is 1. The number of hydrogen-bond acceptors (Lipinski definition) is 6. The summed E-state index contributed by atoms with van der Waals surface area (Å²) < 4.78 is 0. The number of nitrogens with zero attached hydrogens (tertiary/aromatic N) is 3. The van der Waals surface area contributed by atoms with E-state index in [1.807, 2.05) is 0 Å². The molecule has 0 aromatic carbocycles. The monoisotopic (exact) mass is 268 g/mol. The van der Waals surface area contributed by atoms with Gasteiger partial charge in [0.25, 0.3) is 0 Å². The molecule has 7 heteroatoms. The van der Waals surface area contributed by atoms with Crippen LogP contribution in [-0.2, 0) is 0 Å². The Balaban J connectivity index is 2.22. The highest BCUT2D eigenvalue weighted by Gasteiger charge is 2.07. The fourth-order valence-corrected chi connectivity index (χ4v) is 2.14. The second-order valence-corrected chi connectivity index (χ2v) is 4.75. The van der Waals surface area contributed by atoms with Gasteiger partial charge in [0.15, 0.2) is 10.9 Å². The van der Waals surface area contributed by atoms with Gasteiger partial charge >= 0.3 is 0 Å². The van der Waals surface area contributed by atoms with Crippen molar-refractivity contribution in [2.75, 3.05) is 5.32 Å². The Kier molecular flexibility index (Phi) is 3.35. The number of aryl methyl sites for hydroxylation is 1. The summed E-state index contributed by atoms with van der Waals surface area (Å²) in [7, 11) is 0. The second kappa shape index (κ2) is 4.77. The van der Waals surface area contributed by atoms with Crippen LogP contribution in [0, 0.1) is 6.92 Å². The minimum absolute atomic E-state index is 0.00699. The molecule has 5 nitrogen and oxygen atoms in total. The summed E-state index contributed by atoms with van der Waals surface area (Å²) in [6.07, 6.45) is 1.53. The summed E-state index contributed by atoms with van der Waals surface area (Å²) in [5.41, 5.74) is 0. The van der Waals surface area contributed by atoms with Crippen molar-refractivity contribution in [2.24, 2.45) is 0 Å². The average Bonchev–Trinajstić information content (AvgIpc) is 2.64. The number of hydrogen-bond donors (Lipinski definition) is 1. The minimum Gasteiger partial charge on any atom is -0.316 e. The Bertz CT molecular complexity index is 549. The molecule has 0 aliphatic carbocycles. The quantitative estimate of drug-likeness (QED) is 0.685. The second-order valence-electron chi connectivity index (χ2n) is 3.33. The minimum atomic E-state index is -0.00699. The van der Waals surface area contributed by atoms with E-state index >= 15 is 0 Å². The largest absolute Gasteiger partial charge is 0.316 e. The van der Waals surface area contributed by atoms with Crippen LogP contribution in [0.25, 0.3) is 0 Å². The number of carbonyl (C=O) groups is 1. The van der Waals surface area contributed by atoms with Crippen molar-refractivity contribution < 1.29 is 4.79 Å². The number of halogens is 1. The number of ketones is 1. The van der Waals surface area contributed by atoms with E-state index in [1.165, 1.54) is 24.5 Å². The third kappa shape index (κ3) is 2.98. The molecule has 1 N–H and O–H groups in total. The van der Waals surface area contributed by atoms with Crippen molar-refractivity contribution in [1.82, 2.24) is 15.0 Å². The molecule has 0 aliphatic heterocycles. The Morgan fingerprint density at radius 3 is 2.82 bits per heavy atom. The zero-order valence-corrected chi connectivity index (χ0v) is 10.8. The molecule has 2 heterocycles. The summed E-state index contributed by atoms with van der Waals surface area (Å²) in [5, 5.41) is 3.95. The van der Waals surface area contributed by atoms with Crippen LogP contribution in [0.15, 0.2) is 12.3 Å². The van der Waals surface area contributed by atoms with Crippen LogP contribution >= 0.6 is 22.9 Å². The predicted octanol–water partition coefficient (Wildman–Crippen LogP) is 2.84. The first-order chi connectivity index (χ1) is 8.04. The van der Waals surface area contributed by atoms with Gasteiger partial charge in [-0.1, -0.05) is 22.9 Å². The SMILES string of the molecule is CC(=O)c1cnc(Nc2cc(Cl)nc(C)n2)s1. The van der Waals surface area contributed by atoms with E-state index in [9.17, 15) is 4.79 Å². The molecule has 0 saturated heterocycles. The van der Waals surface area contributed by atoms with E-state index in [1.54, 1.807) is 13.0 Å². The molecule has 0 spiro atoms. The topological polar surface area (TPSA) is 67.8 Å². The molecule has 0 atom stereocenters. The zero-order chi connectivity index (χ0) is 12.4. The van der Waals surface area contributed by atoms with Crippen LogP contribution in [0.3, 0.4) is 0 Å². The fourth-order valence-electron chi connectivity index (χ4n) is 1.20. The van der Waals surface area contributed by atoms with Gasteiger partial charge in [0.05, 0.1) is 11.1 Å². The van der Waals surface area contributed by atoms with E-state index in [-0.39, 0.29) is 5.78 Å². The van der Waals surface area contributed by atoms with Gasteiger partial charge in [0, 0.05) is 13.0 Å². The summed E-state index contributed by atoms with van der Waals surface area (Å²) in [6, 6.07) is 1.60. The number of anilines is 2. The standard InChI is InChI=1S/C10H9ClN4OS/c1-5(16)7-4-12-10(17-7)15-9-3-8(11)13-6(2)14-9/h3-4H,1-2H3,(H,12,13,14,15). The summed E-state index contributed by atoms with van der Waals surface area (Å²) in [5.74, 6) is 1.13. The maximum absolute atomic E-state index is 11.1. The lowest BCUT2D eigenvalue weighted by molar-refractivity contribution is 0.102. The van der Waals surface area contributed by atoms with Crippen molar-refractivity contribution in [3.63, 3.8) is 0 Å². The fraction of sp³-hybridized carbons (Fsp3) is 0.200. The van der Waals surface area contributed by atoms with Crippen LogP contribution in [-0.4, -0.2) is 20.7 Å². The van der Waals surface area contributed by atoms with Crippen molar-refractivity contribution in [3.8, 4) is 0 Å². The highest BCUT2D eigenvalue weighted by Crippen LogP contribution is 2.22. The number of thiazole rings is 1. The van der Waals surface area contributed by atoms with Crippen LogP contribution in [0.2, 0.25) is 5.15 Å². The Labute approximate surface area is 107 Å². The lowest BCUT2D eigenvalue weighted by Gasteiger charge is -2.02. The zero-order valence-electron chi connectivity index (χ0n) is 9.19. The number of rotatable bonds is 3. The third-order valence-corrected chi connectivity index (χ3v) is 3.10. The summed E-state index contributed by atoms with van der Waals surface area (Å²) in [6.45, 7) is 3.25. The smallest absolute Gasteiger partial charge is 0.188 e. The molecule has 0 amide bonds. The number of nitrogens with one attached hydrogen (secondary N) is 1. The Morgan fingerprint density at radius 2 is 2.24 bits per heavy atom. The maximum Gasteiger partial charge on any atom is 0.188 e. The molecule has 17 heavy (non-hydrogen) atoms. The molecule has 0 bridgehead atoms. The molecule has 0 aliphatic rings. The molecular weight excluding hydrogens is 260 g/mol. The Morgan fingerprint density at radius 1 is 1.47 bits per heavy atom. The molecule has 2 aromatic rings. The molecule has 0 radical (unpaired) electrons. The van der Waals surface area contributed by atoms with Crippen molar-refractivity contribution in [2.45, 2.75) is 13.8 Å². The number of aromatic nitrogens is 3. The molecule has 0 saturated carbocycles. The maximum atomic E-state index is 11.1. The van der Waals surface area contributed by atoms with Crippen molar-refractivity contribution >= 4 is 39.7 Å². The van der Waals surface area contributed by atoms with Gasteiger partial charge in [-0.2, -0.15) is 0 Å². The van der Waals surface area contributed by atoms with E-state index < -0.39 is 0 Å². The molecule has 2 aromatic heterocycles. The van der Waals surface area contributed by atoms with Gasteiger partial charge in [-0.3, -0.25) is 4.79 Å². The van der Waals surface area contributed by atoms with E-state index in [0.29, 0.717) is 26.8 Å². The normalized spacial score (nSPS) is 10.3. The third-order valence-electron chi connectivity index (χ3n) is 1.89. The lowest BCUT2D eigenvalue weighted by Crippen LogP contribution is -1.96. The van der Waals surface area contributed by atoms with Crippen LogP contribution in [0.4, 0.5) is 10.9 Å². The van der Waals surface area contributed by atoms with Crippen LogP contribution in [0.5, 0.6) is 0 Å². The molecule has 0 fully saturated rings. The Hall–Kier alpha value is -1.53. The molecular formula is C10H9ClN4OS. The molecule has 2 rings (SSSR count). The summed E-state index contributed by atoms with van der Waals surface area (Å²) in [4.78, 5) is 23.9. The first-order valence-corrected chi connectivity index (χ1v) is 5.99. The van der Waals surface area contributed by atoms with Crippen molar-refractivity contribution in [3.05, 3.63) is 28.1 Å². The molecule has 88 valence electrons. The van der Waals surface area contributed by atoms with Gasteiger partial charge in [-0.05, 0) is 6.92 Å². The predicted molar refractivity (Wildman–Crippen MR) is 67.2 cm³/mol. The van der Waals surface area contributed by atoms with Gasteiger partial charge in [0.1, 0.15) is 16.8 Å². The van der Waals surface area contributed by atoms with Gasteiger partial charge in [-0.15, -0.1) is 0 Å². The van der Waals surface area contributed by atoms with Crippen LogP contribution in [0.1, 0.15) is 22.4 Å². The number of Topliss-reactive ketones (excluding diaryl/α,β-unsaturated/α-hetero) is 1. The highest BCUT2D eigenvalue weighted by molar-refractivity contribution is 7.17. The van der Waals surface area contributed by atoms with Crippen molar-refractivity contribution in [1.29, 1.82) is 0 Å². The van der Waals surface area contributed by atoms with Gasteiger partial charge < -0.3 is 5.32 Å². The summed E-state index contributed by atoms with van der Waals surface area (Å²) >= 11 is 7.08. The van der Waals surface area contributed by atoms with Gasteiger partial charge in [-0.25, -0.2) is 15.0 Å².